The van der Waals surface area contributed by atoms with E-state index in [1.54, 1.807) is 0 Å². The number of hydrogen-bond acceptors (Lipinski definition) is 2. The van der Waals surface area contributed by atoms with Gasteiger partial charge in [0.2, 0.25) is 0 Å². The third kappa shape index (κ3) is 3.27. The Hall–Kier alpha value is -0.0800. The molecule has 0 aromatic rings. The number of nitrogens with zero attached hydrogens (tertiary/aromatic N) is 1. The average Bonchev–Trinajstić information content (AvgIpc) is 2.81. The first kappa shape index (κ1) is 14.3. The van der Waals surface area contributed by atoms with Crippen molar-refractivity contribution >= 4 is 0 Å². The summed E-state index contributed by atoms with van der Waals surface area (Å²) in [5.74, 6) is 0. The predicted molar refractivity (Wildman–Crippen MR) is 78.9 cm³/mol. The molecular weight excluding hydrogens is 220 g/mol. The molecule has 18 heavy (non-hydrogen) atoms. The molecule has 2 rings (SSSR count). The molecule has 2 unspecified atom stereocenters. The number of piperazine rings is 1. The van der Waals surface area contributed by atoms with Crippen molar-refractivity contribution in [2.75, 3.05) is 13.1 Å². The second kappa shape index (κ2) is 5.92. The lowest BCUT2D eigenvalue weighted by molar-refractivity contribution is 0.0208. The zero-order chi connectivity index (χ0) is 13.2. The van der Waals surface area contributed by atoms with E-state index >= 15 is 0 Å². The molecule has 1 saturated heterocycles. The second-order valence-electron chi connectivity index (χ2n) is 7.41. The number of rotatable bonds is 3. The van der Waals surface area contributed by atoms with Gasteiger partial charge in [0.15, 0.2) is 0 Å². The lowest BCUT2D eigenvalue weighted by atomic mass is 9.82. The molecule has 0 aromatic carbocycles. The standard InChI is InChI=1S/C16H32N2/c1-5-8-13-12-18(14-9-6-7-10-14)15(11-17-13)16(2,3)4/h13-15,17H,5-12H2,1-4H3. The zero-order valence-corrected chi connectivity index (χ0v) is 12.8. The van der Waals surface area contributed by atoms with Gasteiger partial charge in [-0.25, -0.2) is 0 Å². The summed E-state index contributed by atoms with van der Waals surface area (Å²) >= 11 is 0. The maximum atomic E-state index is 3.79. The lowest BCUT2D eigenvalue weighted by Crippen LogP contribution is -2.62. The monoisotopic (exact) mass is 252 g/mol. The van der Waals surface area contributed by atoms with Gasteiger partial charge in [0, 0.05) is 31.2 Å². The Morgan fingerprint density at radius 3 is 2.39 bits per heavy atom. The molecule has 0 aromatic heterocycles. The molecular formula is C16H32N2. The van der Waals surface area contributed by atoms with Crippen LogP contribution in [0, 0.1) is 5.41 Å². The van der Waals surface area contributed by atoms with Crippen molar-refractivity contribution < 1.29 is 0 Å². The molecule has 2 aliphatic rings. The van der Waals surface area contributed by atoms with Crippen molar-refractivity contribution in [1.82, 2.24) is 10.2 Å². The minimum Gasteiger partial charge on any atom is -0.311 e. The Kier molecular flexibility index (Phi) is 4.71. The van der Waals surface area contributed by atoms with Crippen LogP contribution in [0.4, 0.5) is 0 Å². The van der Waals surface area contributed by atoms with E-state index in [-0.39, 0.29) is 0 Å². The van der Waals surface area contributed by atoms with Gasteiger partial charge in [-0.1, -0.05) is 47.0 Å². The normalized spacial score (nSPS) is 32.0. The van der Waals surface area contributed by atoms with Crippen LogP contribution >= 0.6 is 0 Å². The van der Waals surface area contributed by atoms with Crippen LogP contribution in [0.1, 0.15) is 66.2 Å². The Bertz CT molecular complexity index is 250. The fourth-order valence-electron chi connectivity index (χ4n) is 3.83. The quantitative estimate of drug-likeness (QED) is 0.828. The predicted octanol–water partition coefficient (Wildman–Crippen LogP) is 3.42. The van der Waals surface area contributed by atoms with E-state index in [0.29, 0.717) is 11.5 Å². The van der Waals surface area contributed by atoms with Gasteiger partial charge < -0.3 is 5.32 Å². The maximum Gasteiger partial charge on any atom is 0.0272 e. The minimum absolute atomic E-state index is 0.396. The summed E-state index contributed by atoms with van der Waals surface area (Å²) in [4.78, 5) is 2.86. The van der Waals surface area contributed by atoms with E-state index in [2.05, 4.69) is 37.9 Å². The molecule has 1 aliphatic carbocycles. The third-order valence-electron chi connectivity index (χ3n) is 4.86. The maximum absolute atomic E-state index is 3.79. The van der Waals surface area contributed by atoms with Gasteiger partial charge in [0.1, 0.15) is 0 Å². The van der Waals surface area contributed by atoms with Gasteiger partial charge in [0.05, 0.1) is 0 Å². The van der Waals surface area contributed by atoms with Gasteiger partial charge in [-0.2, -0.15) is 0 Å². The topological polar surface area (TPSA) is 15.3 Å². The summed E-state index contributed by atoms with van der Waals surface area (Å²) in [6, 6.07) is 2.32. The second-order valence-corrected chi connectivity index (χ2v) is 7.41. The molecule has 2 fully saturated rings. The Morgan fingerprint density at radius 1 is 1.17 bits per heavy atom. The van der Waals surface area contributed by atoms with Crippen LogP contribution in [0.15, 0.2) is 0 Å². The summed E-state index contributed by atoms with van der Waals surface area (Å²) in [5, 5.41) is 3.79. The van der Waals surface area contributed by atoms with Crippen LogP contribution in [0.25, 0.3) is 0 Å². The molecule has 2 heteroatoms. The van der Waals surface area contributed by atoms with Crippen LogP contribution in [0.3, 0.4) is 0 Å². The molecule has 2 atom stereocenters. The average molecular weight is 252 g/mol. The molecule has 1 aliphatic heterocycles. The van der Waals surface area contributed by atoms with Gasteiger partial charge in [-0.3, -0.25) is 4.90 Å². The first-order chi connectivity index (χ1) is 8.52. The van der Waals surface area contributed by atoms with Crippen LogP contribution in [-0.2, 0) is 0 Å². The van der Waals surface area contributed by atoms with Gasteiger partial charge in [-0.15, -0.1) is 0 Å². The summed E-state index contributed by atoms with van der Waals surface area (Å²) < 4.78 is 0. The molecule has 0 spiro atoms. The van der Waals surface area contributed by atoms with Crippen molar-refractivity contribution in [3.63, 3.8) is 0 Å². The fourth-order valence-corrected chi connectivity index (χ4v) is 3.83. The Balaban J connectivity index is 2.05. The Morgan fingerprint density at radius 2 is 1.83 bits per heavy atom. The summed E-state index contributed by atoms with van der Waals surface area (Å²) in [6.45, 7) is 12.0. The summed E-state index contributed by atoms with van der Waals surface area (Å²) in [6.07, 6.45) is 8.40. The van der Waals surface area contributed by atoms with Crippen molar-refractivity contribution in [3.05, 3.63) is 0 Å². The van der Waals surface area contributed by atoms with Crippen LogP contribution < -0.4 is 5.32 Å². The SMILES string of the molecule is CCCC1CN(C2CCCC2)C(C(C)(C)C)CN1. The summed E-state index contributed by atoms with van der Waals surface area (Å²) in [7, 11) is 0. The zero-order valence-electron chi connectivity index (χ0n) is 12.8. The van der Waals surface area contributed by atoms with Gasteiger partial charge >= 0.3 is 0 Å². The minimum atomic E-state index is 0.396. The van der Waals surface area contributed by atoms with E-state index in [1.807, 2.05) is 0 Å². The van der Waals surface area contributed by atoms with Crippen molar-refractivity contribution in [3.8, 4) is 0 Å². The van der Waals surface area contributed by atoms with Gasteiger partial charge in [0.25, 0.3) is 0 Å². The van der Waals surface area contributed by atoms with E-state index in [0.717, 1.165) is 12.1 Å². The number of nitrogens with one attached hydrogen (secondary N) is 1. The van der Waals surface area contributed by atoms with Crippen LogP contribution in [0.5, 0.6) is 0 Å². The molecule has 1 N–H and O–H groups in total. The highest BCUT2D eigenvalue weighted by atomic mass is 15.3. The van der Waals surface area contributed by atoms with E-state index in [4.69, 9.17) is 0 Å². The first-order valence-corrected chi connectivity index (χ1v) is 8.01. The van der Waals surface area contributed by atoms with Crippen molar-refractivity contribution in [2.24, 2.45) is 5.41 Å². The highest BCUT2D eigenvalue weighted by molar-refractivity contribution is 4.96. The molecule has 0 radical (unpaired) electrons. The van der Waals surface area contributed by atoms with Crippen LogP contribution in [0.2, 0.25) is 0 Å². The highest BCUT2D eigenvalue weighted by Crippen LogP contribution is 2.33. The van der Waals surface area contributed by atoms with Crippen molar-refractivity contribution in [1.29, 1.82) is 0 Å². The molecule has 0 bridgehead atoms. The number of hydrogen-bond donors (Lipinski definition) is 1. The van der Waals surface area contributed by atoms with E-state index < -0.39 is 0 Å². The molecule has 1 saturated carbocycles. The lowest BCUT2D eigenvalue weighted by Gasteiger charge is -2.49. The van der Waals surface area contributed by atoms with Crippen molar-refractivity contribution in [2.45, 2.75) is 84.3 Å². The molecule has 106 valence electrons. The molecule has 1 heterocycles. The highest BCUT2D eigenvalue weighted by Gasteiger charge is 2.39. The largest absolute Gasteiger partial charge is 0.311 e. The smallest absolute Gasteiger partial charge is 0.0272 e. The molecule has 0 amide bonds. The van der Waals surface area contributed by atoms with Crippen LogP contribution in [-0.4, -0.2) is 36.1 Å². The summed E-state index contributed by atoms with van der Waals surface area (Å²) in [5.41, 5.74) is 0.396. The third-order valence-corrected chi connectivity index (χ3v) is 4.86. The van der Waals surface area contributed by atoms with Gasteiger partial charge in [-0.05, 0) is 24.7 Å². The Labute approximate surface area is 114 Å². The fraction of sp³-hybridized carbons (Fsp3) is 1.00. The first-order valence-electron chi connectivity index (χ1n) is 8.01. The van der Waals surface area contributed by atoms with E-state index in [1.165, 1.54) is 51.6 Å². The van der Waals surface area contributed by atoms with E-state index in [9.17, 15) is 0 Å². The molecule has 2 nitrogen and oxygen atoms in total.